The predicted molar refractivity (Wildman–Crippen MR) is 224 cm³/mol. The fourth-order valence-electron chi connectivity index (χ4n) is 6.07. The molecule has 0 amide bonds. The van der Waals surface area contributed by atoms with E-state index in [2.05, 4.69) is 166 Å². The van der Waals surface area contributed by atoms with E-state index in [0.29, 0.717) is 5.92 Å². The summed E-state index contributed by atoms with van der Waals surface area (Å²) in [7, 11) is 0. The van der Waals surface area contributed by atoms with E-state index in [4.69, 9.17) is 23.2 Å². The Morgan fingerprint density at radius 1 is 0.623 bits per heavy atom. The van der Waals surface area contributed by atoms with Gasteiger partial charge in [0.05, 0.1) is 0 Å². The molecular formula is C48H48Cl4Zr-4. The van der Waals surface area contributed by atoms with Crippen molar-refractivity contribution < 1.29 is 47.1 Å². The minimum atomic E-state index is -0.623. The van der Waals surface area contributed by atoms with Gasteiger partial charge in [0, 0.05) is 0 Å². The summed E-state index contributed by atoms with van der Waals surface area (Å²) in [6.07, 6.45) is 5.66. The molecule has 0 fully saturated rings. The van der Waals surface area contributed by atoms with Crippen LogP contribution < -0.4 is 24.8 Å². The minimum Gasteiger partial charge on any atom is -1.00 e. The second-order valence-corrected chi connectivity index (χ2v) is 18.4. The van der Waals surface area contributed by atoms with Crippen LogP contribution in [0, 0.1) is 12.0 Å². The third-order valence-electron chi connectivity index (χ3n) is 9.03. The van der Waals surface area contributed by atoms with Crippen LogP contribution in [0.3, 0.4) is 0 Å². The van der Waals surface area contributed by atoms with E-state index in [1.54, 1.807) is 0 Å². The van der Waals surface area contributed by atoms with Crippen LogP contribution >= 0.6 is 23.2 Å². The van der Waals surface area contributed by atoms with Crippen LogP contribution in [0.25, 0.3) is 27.1 Å². The first-order valence-electron chi connectivity index (χ1n) is 17.6. The summed E-state index contributed by atoms with van der Waals surface area (Å²) < 4.78 is 4.66. The van der Waals surface area contributed by atoms with Crippen molar-refractivity contribution in [1.82, 2.24) is 0 Å². The molecule has 7 rings (SSSR count). The number of benzene rings is 5. The van der Waals surface area contributed by atoms with Gasteiger partial charge in [0.15, 0.2) is 0 Å². The molecule has 0 bridgehead atoms. The topological polar surface area (TPSA) is 0 Å². The summed E-state index contributed by atoms with van der Waals surface area (Å²) in [5.41, 5.74) is 9.64. The van der Waals surface area contributed by atoms with E-state index in [0.717, 1.165) is 10.0 Å². The summed E-state index contributed by atoms with van der Waals surface area (Å²) in [6.45, 7) is 17.9. The van der Waals surface area contributed by atoms with Crippen LogP contribution in [0.2, 0.25) is 10.0 Å². The van der Waals surface area contributed by atoms with Gasteiger partial charge in [0.2, 0.25) is 0 Å². The molecule has 0 saturated heterocycles. The summed E-state index contributed by atoms with van der Waals surface area (Å²) in [6, 6.07) is 42.6. The van der Waals surface area contributed by atoms with Gasteiger partial charge in [-0.2, -0.15) is 11.6 Å². The van der Waals surface area contributed by atoms with E-state index in [9.17, 15) is 0 Å². The average molecular weight is 858 g/mol. The van der Waals surface area contributed by atoms with E-state index < -0.39 is 22.3 Å². The molecule has 6 aromatic rings. The Balaban J connectivity index is 0.000000216. The molecule has 1 unspecified atom stereocenters. The zero-order valence-electron chi connectivity index (χ0n) is 31.9. The molecule has 1 aliphatic rings. The van der Waals surface area contributed by atoms with E-state index >= 15 is 0 Å². The quantitative estimate of drug-likeness (QED) is 0.159. The molecule has 0 radical (unpaired) electrons. The first-order chi connectivity index (χ1) is 24.2. The van der Waals surface area contributed by atoms with Crippen molar-refractivity contribution in [3.63, 3.8) is 0 Å². The molecule has 5 heteroatoms. The minimum absolute atomic E-state index is 0. The molecule has 0 N–H and O–H groups in total. The van der Waals surface area contributed by atoms with Crippen molar-refractivity contribution in [3.8, 4) is 0 Å². The monoisotopic (exact) mass is 854 g/mol. The van der Waals surface area contributed by atoms with Crippen molar-refractivity contribution in [2.75, 3.05) is 0 Å². The van der Waals surface area contributed by atoms with Crippen LogP contribution in [0.15, 0.2) is 133 Å². The summed E-state index contributed by atoms with van der Waals surface area (Å²) in [5, 5.41) is 7.05. The maximum absolute atomic E-state index is 5.84. The third-order valence-corrected chi connectivity index (χ3v) is 12.0. The van der Waals surface area contributed by atoms with E-state index in [1.165, 1.54) is 60.5 Å². The van der Waals surface area contributed by atoms with Gasteiger partial charge in [-0.25, -0.2) is 5.57 Å². The maximum Gasteiger partial charge on any atom is -1.00 e. The Kier molecular flexibility index (Phi) is 16.6. The van der Waals surface area contributed by atoms with E-state index in [1.807, 2.05) is 30.3 Å². The number of allylic oxidation sites excluding steroid dienone is 4. The van der Waals surface area contributed by atoms with Gasteiger partial charge in [-0.1, -0.05) is 127 Å². The molecule has 1 atom stereocenters. The summed E-state index contributed by atoms with van der Waals surface area (Å²) in [4.78, 5) is 0. The van der Waals surface area contributed by atoms with Crippen molar-refractivity contribution in [2.24, 2.45) is 5.92 Å². The molecule has 53 heavy (non-hydrogen) atoms. The number of hydrogen-bond donors (Lipinski definition) is 0. The third kappa shape index (κ3) is 12.6. The molecule has 0 spiro atoms. The van der Waals surface area contributed by atoms with Gasteiger partial charge in [-0.3, -0.25) is 6.08 Å². The molecule has 1 aliphatic carbocycles. The van der Waals surface area contributed by atoms with Crippen molar-refractivity contribution in [3.05, 3.63) is 177 Å². The van der Waals surface area contributed by atoms with Gasteiger partial charge in [-0.15, -0.1) is 45.3 Å². The van der Waals surface area contributed by atoms with E-state index in [-0.39, 0.29) is 35.6 Å². The van der Waals surface area contributed by atoms with Crippen molar-refractivity contribution in [1.29, 1.82) is 0 Å². The normalized spacial score (nSPS) is 13.5. The number of halogens is 4. The predicted octanol–water partition coefficient (Wildman–Crippen LogP) is 7.86. The standard InChI is InChI=1S/C21H25.C13H13.2C7H5Cl.2ClH.Zr/c1-20(2,3)16-7-9-18-14(12-16)11-15-13-17(21(4,5)6)8-10-19(15)18;1-10-8-11(2)13(9-10)12-6-4-3-5-7-12;2*1-6-2-4-7(8)5-3-6;;;/h7-13H,1-6H3;3-7,9-10H,1-2H3;2*1-5H;2*1H;/q2*-1;;;;;/p-2. The molecule has 0 heterocycles. The largest absolute Gasteiger partial charge is 1.00 e. The Morgan fingerprint density at radius 3 is 1.43 bits per heavy atom. The zero-order valence-corrected chi connectivity index (χ0v) is 37.4. The molecular weight excluding hydrogens is 810 g/mol. The molecule has 0 saturated carbocycles. The molecule has 0 aliphatic heterocycles. The Hall–Kier alpha value is -2.77. The second-order valence-electron chi connectivity index (χ2n) is 15.3. The number of rotatable bonds is 3. The van der Waals surface area contributed by atoms with Crippen LogP contribution in [0.1, 0.15) is 83.2 Å². The van der Waals surface area contributed by atoms with Gasteiger partial charge in [0.1, 0.15) is 0 Å². The summed E-state index contributed by atoms with van der Waals surface area (Å²) in [5.74, 6) is 0.468. The fourth-order valence-corrected chi connectivity index (χ4v) is 8.42. The van der Waals surface area contributed by atoms with Gasteiger partial charge in [-0.05, 0) is 10.8 Å². The van der Waals surface area contributed by atoms with Crippen LogP contribution in [-0.4, -0.2) is 7.42 Å². The number of hydrogen-bond acceptors (Lipinski definition) is 0. The summed E-state index contributed by atoms with van der Waals surface area (Å²) >= 11 is 11.0. The zero-order chi connectivity index (χ0) is 36.8. The second kappa shape index (κ2) is 19.7. The van der Waals surface area contributed by atoms with Gasteiger partial charge >= 0.3 is 123 Å². The Labute approximate surface area is 351 Å². The van der Waals surface area contributed by atoms with Crippen LogP contribution in [0.5, 0.6) is 0 Å². The number of fused-ring (bicyclic) bond motifs is 3. The Bertz CT molecular complexity index is 2100. The van der Waals surface area contributed by atoms with Gasteiger partial charge in [0.25, 0.3) is 0 Å². The molecule has 0 aromatic heterocycles. The molecule has 0 nitrogen and oxygen atoms in total. The van der Waals surface area contributed by atoms with Crippen LogP contribution in [0.4, 0.5) is 0 Å². The van der Waals surface area contributed by atoms with Gasteiger partial charge < -0.3 is 24.8 Å². The van der Waals surface area contributed by atoms with Crippen molar-refractivity contribution >= 4 is 57.7 Å². The fraction of sp³-hybridized carbons (Fsp3) is 0.229. The SMILES string of the molecule is CC(C)(C)c1ccc2c(c1)[cH-]c1cc(C(C)(C)C)ccc12.CC1=[C-]C(C)C=C1c1ccccc1.Clc1ccc([CH]=[Zr]=[CH]c2ccc(Cl)cc2)cc1.[Cl-].[Cl-]. The average Bonchev–Trinajstić information content (AvgIpc) is 3.64. The Morgan fingerprint density at radius 2 is 1.06 bits per heavy atom. The smallest absolute Gasteiger partial charge is 1.00 e. The maximum atomic E-state index is 5.84. The first-order valence-corrected chi connectivity index (χ1v) is 21.2. The molecule has 276 valence electrons. The van der Waals surface area contributed by atoms with Crippen molar-refractivity contribution in [2.45, 2.75) is 66.2 Å². The van der Waals surface area contributed by atoms with Crippen LogP contribution in [-0.2, 0) is 33.1 Å². The molecule has 6 aromatic carbocycles. The first kappa shape index (κ1) is 44.6.